The first-order valence-electron chi connectivity index (χ1n) is 27.6. The van der Waals surface area contributed by atoms with Gasteiger partial charge in [0.1, 0.15) is 5.58 Å². The highest BCUT2D eigenvalue weighted by atomic mass is 16.3. The highest BCUT2D eigenvalue weighted by molar-refractivity contribution is 7.00. The minimum absolute atomic E-state index is 0.00783. The topological polar surface area (TPSA) is 22.9 Å². The lowest BCUT2D eigenvalue weighted by molar-refractivity contribution is 0.331. The summed E-state index contributed by atoms with van der Waals surface area (Å²) in [6, 6.07) is 53.7. The molecule has 5 heteroatoms. The Morgan fingerprint density at radius 2 is 1.03 bits per heavy atom. The molecule has 0 saturated carbocycles. The Hall–Kier alpha value is -6.46. The third kappa shape index (κ3) is 7.44. The van der Waals surface area contributed by atoms with Crippen LogP contribution < -0.4 is 31.3 Å². The molecule has 8 aromatic rings. The average molecular weight is 974 g/mol. The Balaban J connectivity index is 1.28. The largest absolute Gasteiger partial charge is 0.468 e. The Morgan fingerprint density at radius 3 is 1.64 bits per heavy atom. The first-order valence-corrected chi connectivity index (χ1v) is 27.6. The quantitative estimate of drug-likeness (QED) is 0.160. The van der Waals surface area contributed by atoms with Gasteiger partial charge in [-0.1, -0.05) is 170 Å². The number of anilines is 9. The van der Waals surface area contributed by atoms with Crippen LogP contribution in [0.15, 0.2) is 144 Å². The zero-order valence-electron chi connectivity index (χ0n) is 46.9. The van der Waals surface area contributed by atoms with Crippen molar-refractivity contribution < 1.29 is 4.42 Å². The molecule has 0 spiro atoms. The van der Waals surface area contributed by atoms with Gasteiger partial charge >= 0.3 is 0 Å². The first-order chi connectivity index (χ1) is 34.9. The summed E-state index contributed by atoms with van der Waals surface area (Å²) >= 11 is 0. The lowest BCUT2D eigenvalue weighted by Gasteiger charge is -2.49. The Bertz CT molecular complexity index is 3520. The van der Waals surface area contributed by atoms with Gasteiger partial charge in [0.25, 0.3) is 6.71 Å². The molecule has 0 amide bonds. The summed E-state index contributed by atoms with van der Waals surface area (Å²) in [7, 11) is 0. The molecular weight excluding hydrogens is 898 g/mol. The van der Waals surface area contributed by atoms with Gasteiger partial charge < -0.3 is 19.1 Å². The third-order valence-corrected chi connectivity index (χ3v) is 18.1. The van der Waals surface area contributed by atoms with E-state index in [9.17, 15) is 0 Å². The summed E-state index contributed by atoms with van der Waals surface area (Å²) in [5.74, 6) is 0. The van der Waals surface area contributed by atoms with Crippen molar-refractivity contribution in [2.24, 2.45) is 0 Å². The van der Waals surface area contributed by atoms with Crippen LogP contribution in [-0.2, 0) is 32.5 Å². The molecule has 4 aliphatic rings. The van der Waals surface area contributed by atoms with Crippen LogP contribution >= 0.6 is 0 Å². The fraction of sp³-hybridized carbons (Fsp3) is 0.362. The second kappa shape index (κ2) is 16.3. The molecule has 0 unspecified atom stereocenters. The van der Waals surface area contributed by atoms with Crippen molar-refractivity contribution in [3.05, 3.63) is 178 Å². The van der Waals surface area contributed by atoms with Gasteiger partial charge in [0.05, 0.1) is 17.0 Å². The van der Waals surface area contributed by atoms with Gasteiger partial charge in [-0.2, -0.15) is 0 Å². The summed E-state index contributed by atoms with van der Waals surface area (Å²) in [5, 5.41) is 1.15. The van der Waals surface area contributed by atoms with Gasteiger partial charge in [0.2, 0.25) is 0 Å². The number of hydrogen-bond donors (Lipinski definition) is 0. The van der Waals surface area contributed by atoms with Crippen LogP contribution in [0.3, 0.4) is 0 Å². The zero-order chi connectivity index (χ0) is 52.2. The van der Waals surface area contributed by atoms with Crippen molar-refractivity contribution >= 4 is 85.5 Å². The number of furan rings is 1. The van der Waals surface area contributed by atoms with Crippen molar-refractivity contribution in [3.8, 4) is 0 Å². The van der Waals surface area contributed by atoms with Gasteiger partial charge in [-0.3, -0.25) is 0 Å². The molecule has 0 bridgehead atoms. The molecule has 2 aliphatic heterocycles. The smallest absolute Gasteiger partial charge is 0.297 e. The number of nitrogens with zero attached hydrogens (tertiary/aromatic N) is 3. The van der Waals surface area contributed by atoms with Crippen molar-refractivity contribution in [3.63, 3.8) is 0 Å². The second-order valence-electron chi connectivity index (χ2n) is 27.2. The highest BCUT2D eigenvalue weighted by Crippen LogP contribution is 2.57. The van der Waals surface area contributed by atoms with E-state index in [1.54, 1.807) is 0 Å². The summed E-state index contributed by atoms with van der Waals surface area (Å²) in [6.45, 7) is 35.9. The second-order valence-corrected chi connectivity index (χ2v) is 27.2. The first kappa shape index (κ1) is 48.5. The monoisotopic (exact) mass is 974 g/mol. The predicted molar refractivity (Wildman–Crippen MR) is 318 cm³/mol. The Kier molecular flexibility index (Phi) is 10.7. The van der Waals surface area contributed by atoms with E-state index in [2.05, 4.69) is 258 Å². The number of hydrogen-bond acceptors (Lipinski definition) is 4. The Morgan fingerprint density at radius 1 is 0.486 bits per heavy atom. The van der Waals surface area contributed by atoms with Gasteiger partial charge in [-0.15, -0.1) is 0 Å². The highest BCUT2D eigenvalue weighted by Gasteiger charge is 2.51. The van der Waals surface area contributed by atoms with Crippen molar-refractivity contribution in [1.29, 1.82) is 0 Å². The minimum Gasteiger partial charge on any atom is -0.468 e. The lowest BCUT2D eigenvalue weighted by atomic mass is 9.35. The molecule has 12 rings (SSSR count). The maximum atomic E-state index is 7.58. The van der Waals surface area contributed by atoms with Gasteiger partial charge in [-0.25, -0.2) is 0 Å². The van der Waals surface area contributed by atoms with Crippen molar-refractivity contribution in [2.45, 2.75) is 162 Å². The lowest BCUT2D eigenvalue weighted by Crippen LogP contribution is -2.61. The molecule has 0 fully saturated rings. The number of benzene rings is 7. The summed E-state index contributed by atoms with van der Waals surface area (Å²) in [4.78, 5) is 7.82. The maximum Gasteiger partial charge on any atom is 0.297 e. The molecule has 7 aromatic carbocycles. The maximum absolute atomic E-state index is 7.58. The number of rotatable bonds is 5. The van der Waals surface area contributed by atoms with E-state index in [-0.39, 0.29) is 39.2 Å². The van der Waals surface area contributed by atoms with Gasteiger partial charge in [0, 0.05) is 45.2 Å². The van der Waals surface area contributed by atoms with Gasteiger partial charge in [0.15, 0.2) is 0 Å². The van der Waals surface area contributed by atoms with E-state index in [1.165, 1.54) is 79.0 Å². The molecule has 74 heavy (non-hydrogen) atoms. The fourth-order valence-corrected chi connectivity index (χ4v) is 13.5. The molecule has 4 nitrogen and oxygen atoms in total. The van der Waals surface area contributed by atoms with Crippen molar-refractivity contribution in [2.75, 3.05) is 14.7 Å². The molecule has 376 valence electrons. The van der Waals surface area contributed by atoms with Crippen LogP contribution in [-0.4, -0.2) is 6.71 Å². The Labute approximate surface area is 442 Å². The molecule has 0 N–H and O–H groups in total. The number of fused-ring (bicyclic) bond motifs is 9. The van der Waals surface area contributed by atoms with E-state index in [0.29, 0.717) is 0 Å². The average Bonchev–Trinajstić information content (AvgIpc) is 3.77. The van der Waals surface area contributed by atoms with Crippen LogP contribution in [0, 0.1) is 6.92 Å². The summed E-state index contributed by atoms with van der Waals surface area (Å²) in [6.07, 6.45) is 4.56. The zero-order valence-corrected chi connectivity index (χ0v) is 46.9. The third-order valence-electron chi connectivity index (χ3n) is 18.1. The van der Waals surface area contributed by atoms with Crippen LogP contribution in [0.25, 0.3) is 11.0 Å². The molecule has 3 heterocycles. The molecule has 0 radical (unpaired) electrons. The molecular formula is C69H76BN3O. The summed E-state index contributed by atoms with van der Waals surface area (Å²) < 4.78 is 7.58. The van der Waals surface area contributed by atoms with Crippen LogP contribution in [0.5, 0.6) is 0 Å². The summed E-state index contributed by atoms with van der Waals surface area (Å²) in [5.41, 5.74) is 24.7. The minimum atomic E-state index is -0.188. The van der Waals surface area contributed by atoms with E-state index < -0.39 is 0 Å². The fourth-order valence-electron chi connectivity index (χ4n) is 13.5. The van der Waals surface area contributed by atoms with E-state index >= 15 is 0 Å². The molecule has 2 aliphatic carbocycles. The predicted octanol–water partition coefficient (Wildman–Crippen LogP) is 17.6. The van der Waals surface area contributed by atoms with Crippen molar-refractivity contribution in [1.82, 2.24) is 0 Å². The molecule has 1 aromatic heterocycles. The number of para-hydroxylation sites is 2. The van der Waals surface area contributed by atoms with E-state index in [1.807, 2.05) is 0 Å². The normalized spacial score (nSPS) is 17.8. The SMILES string of the molecule is Cc1cc(C(C)(C)C)ccc1N1c2cc(N(c3ccccc3)c3ccccc3)cc3c2B(c2ccc4c(c2N3c2ccc3c(c2)C(C)(C)CCC3(C)C)C(C)(C)CCC4(C)C)c2oc3ccc(C(C)(C)C)cc3c21. The molecule has 0 atom stereocenters. The standard InChI is InChI=1S/C69H76BN3O/c1-43-38-44(64(2,3)4)26-32-55(43)73-57-42-49(71(46-22-18-16-19-23-46)47-24-20-17-21-25-47)41-56-60(57)70(63-61(73)50-39-45(65(5,6)7)27-33-58(50)74-63)54-31-30-52-59(69(14,15)37-36-67(52,10)11)62(54)72(56)48-28-29-51-53(40-48)68(12,13)35-34-66(51,8)9/h16-33,38-42H,34-37H2,1-15H3. The van der Waals surface area contributed by atoms with Crippen LogP contribution in [0.4, 0.5) is 51.2 Å². The van der Waals surface area contributed by atoms with Crippen LogP contribution in [0.1, 0.15) is 162 Å². The van der Waals surface area contributed by atoms with E-state index in [4.69, 9.17) is 4.42 Å². The van der Waals surface area contributed by atoms with Crippen LogP contribution in [0.2, 0.25) is 0 Å². The van der Waals surface area contributed by atoms with E-state index in [0.717, 1.165) is 64.3 Å². The molecule has 0 saturated heterocycles. The van der Waals surface area contributed by atoms with Gasteiger partial charge in [-0.05, 0) is 182 Å². The number of aryl methyl sites for hydroxylation is 1.